The van der Waals surface area contributed by atoms with Gasteiger partial charge in [0.15, 0.2) is 4.34 Å². The topological polar surface area (TPSA) is 47.0 Å². The molecule has 1 atom stereocenters. The van der Waals surface area contributed by atoms with Crippen LogP contribution in [0.15, 0.2) is 28.6 Å². The van der Waals surface area contributed by atoms with Gasteiger partial charge in [0.05, 0.1) is 7.11 Å². The third-order valence-electron chi connectivity index (χ3n) is 3.00. The number of aromatic nitrogens is 2. The number of rotatable bonds is 7. The van der Waals surface area contributed by atoms with Crippen molar-refractivity contribution in [3.05, 3.63) is 35.7 Å². The highest BCUT2D eigenvalue weighted by atomic mass is 32.2. The molecule has 2 aromatic rings. The summed E-state index contributed by atoms with van der Waals surface area (Å²) in [6.07, 6.45) is 0.888. The predicted molar refractivity (Wildman–Crippen MR) is 84.8 cm³/mol. The first kappa shape index (κ1) is 15.3. The lowest BCUT2D eigenvalue weighted by molar-refractivity contribution is 0.404. The van der Waals surface area contributed by atoms with Crippen molar-refractivity contribution in [3.8, 4) is 5.75 Å². The van der Waals surface area contributed by atoms with Crippen LogP contribution >= 0.6 is 23.3 Å². The van der Waals surface area contributed by atoms with Gasteiger partial charge in [0.1, 0.15) is 11.6 Å². The number of nitrogens with one attached hydrogen (secondary N) is 1. The van der Waals surface area contributed by atoms with E-state index in [4.69, 9.17) is 4.74 Å². The van der Waals surface area contributed by atoms with Crippen LogP contribution in [0.1, 0.15) is 24.4 Å². The van der Waals surface area contributed by atoms with Gasteiger partial charge in [-0.2, -0.15) is 4.37 Å². The summed E-state index contributed by atoms with van der Waals surface area (Å²) in [6.45, 7) is 2.07. The number of hydrogen-bond donors (Lipinski definition) is 1. The average molecular weight is 309 g/mol. The van der Waals surface area contributed by atoms with Crippen molar-refractivity contribution in [2.45, 2.75) is 23.7 Å². The van der Waals surface area contributed by atoms with Crippen molar-refractivity contribution in [2.75, 3.05) is 19.9 Å². The first-order chi connectivity index (χ1) is 9.78. The molecular weight excluding hydrogens is 290 g/mol. The maximum absolute atomic E-state index is 5.43. The van der Waals surface area contributed by atoms with Gasteiger partial charge in [-0.05, 0) is 24.6 Å². The van der Waals surface area contributed by atoms with Gasteiger partial charge in [-0.15, -0.1) is 0 Å². The summed E-state index contributed by atoms with van der Waals surface area (Å²) in [5.74, 6) is 2.74. The Morgan fingerprint density at radius 3 is 2.85 bits per heavy atom. The molecule has 0 saturated carbocycles. The van der Waals surface area contributed by atoms with E-state index in [1.165, 1.54) is 17.1 Å². The summed E-state index contributed by atoms with van der Waals surface area (Å²) in [5.41, 5.74) is 1.17. The fraction of sp³-hybridized carbons (Fsp3) is 0.429. The Kier molecular flexibility index (Phi) is 5.82. The first-order valence-corrected chi connectivity index (χ1v) is 8.30. The van der Waals surface area contributed by atoms with Crippen molar-refractivity contribution in [1.29, 1.82) is 0 Å². The van der Waals surface area contributed by atoms with E-state index < -0.39 is 0 Å². The van der Waals surface area contributed by atoms with Crippen LogP contribution in [0.25, 0.3) is 0 Å². The molecule has 0 aliphatic rings. The van der Waals surface area contributed by atoms with Crippen LogP contribution < -0.4 is 10.1 Å². The third-order valence-corrected chi connectivity index (χ3v) is 4.97. The molecule has 0 saturated heterocycles. The lowest BCUT2D eigenvalue weighted by Gasteiger charge is -2.18. The Balaban J connectivity index is 2.05. The van der Waals surface area contributed by atoms with Gasteiger partial charge in [-0.25, -0.2) is 4.98 Å². The van der Waals surface area contributed by atoms with Gasteiger partial charge in [-0.3, -0.25) is 0 Å². The quantitative estimate of drug-likeness (QED) is 0.796. The third kappa shape index (κ3) is 3.71. The minimum atomic E-state index is 0.227. The normalized spacial score (nSPS) is 12.3. The zero-order valence-corrected chi connectivity index (χ0v) is 13.6. The van der Waals surface area contributed by atoms with Crippen molar-refractivity contribution in [1.82, 2.24) is 14.7 Å². The second-order valence-corrected chi connectivity index (χ2v) is 6.24. The number of nitrogens with zero attached hydrogens (tertiary/aromatic N) is 2. The molecule has 0 radical (unpaired) electrons. The van der Waals surface area contributed by atoms with Crippen molar-refractivity contribution in [3.63, 3.8) is 0 Å². The zero-order valence-electron chi connectivity index (χ0n) is 11.9. The fourth-order valence-corrected chi connectivity index (χ4v) is 3.73. The number of benzene rings is 1. The van der Waals surface area contributed by atoms with E-state index in [1.54, 1.807) is 18.9 Å². The maximum Gasteiger partial charge on any atom is 0.170 e. The maximum atomic E-state index is 5.43. The molecule has 0 amide bonds. The van der Waals surface area contributed by atoms with Crippen molar-refractivity contribution in [2.24, 2.45) is 0 Å². The highest BCUT2D eigenvalue weighted by Crippen LogP contribution is 2.30. The molecule has 2 rings (SSSR count). The molecule has 6 heteroatoms. The van der Waals surface area contributed by atoms with E-state index in [0.717, 1.165) is 28.1 Å². The number of hydrogen-bond acceptors (Lipinski definition) is 6. The minimum Gasteiger partial charge on any atom is -0.496 e. The number of aryl methyl sites for hydroxylation is 1. The van der Waals surface area contributed by atoms with E-state index in [2.05, 4.69) is 27.7 Å². The van der Waals surface area contributed by atoms with Gasteiger partial charge < -0.3 is 10.1 Å². The Labute approximate surface area is 128 Å². The van der Waals surface area contributed by atoms with Crippen LogP contribution in [0.3, 0.4) is 0 Å². The molecule has 20 heavy (non-hydrogen) atoms. The number of methoxy groups -OCH3 is 1. The molecule has 1 unspecified atom stereocenters. The molecule has 0 spiro atoms. The lowest BCUT2D eigenvalue weighted by atomic mass is 10.1. The summed E-state index contributed by atoms with van der Waals surface area (Å²) in [4.78, 5) is 4.48. The number of para-hydroxylation sites is 1. The van der Waals surface area contributed by atoms with E-state index in [0.29, 0.717) is 0 Å². The molecule has 0 aliphatic heterocycles. The van der Waals surface area contributed by atoms with Gasteiger partial charge in [0, 0.05) is 23.8 Å². The number of ether oxygens (including phenoxy) is 1. The molecule has 1 N–H and O–H groups in total. The Hall–Kier alpha value is -1.11. The molecule has 1 aromatic heterocycles. The molecule has 4 nitrogen and oxygen atoms in total. The van der Waals surface area contributed by atoms with Crippen LogP contribution in [0.5, 0.6) is 5.75 Å². The van der Waals surface area contributed by atoms with Crippen LogP contribution in [0.2, 0.25) is 0 Å². The fourth-order valence-electron chi connectivity index (χ4n) is 1.88. The number of thioether (sulfide) groups is 1. The second kappa shape index (κ2) is 7.61. The minimum absolute atomic E-state index is 0.227. The SMILES string of the molecule is CCc1nsc(SCC(NC)c2ccccc2OC)n1. The van der Waals surface area contributed by atoms with E-state index in [-0.39, 0.29) is 6.04 Å². The second-order valence-electron chi connectivity index (χ2n) is 4.22. The van der Waals surface area contributed by atoms with Gasteiger partial charge in [0.2, 0.25) is 0 Å². The molecule has 1 aromatic carbocycles. The summed E-state index contributed by atoms with van der Waals surface area (Å²) in [7, 11) is 3.67. The van der Waals surface area contributed by atoms with Crippen LogP contribution in [-0.4, -0.2) is 29.3 Å². The average Bonchev–Trinajstić information content (AvgIpc) is 2.96. The highest BCUT2D eigenvalue weighted by molar-refractivity contribution is 8.00. The molecule has 0 bridgehead atoms. The largest absolute Gasteiger partial charge is 0.496 e. The van der Waals surface area contributed by atoms with E-state index in [9.17, 15) is 0 Å². The standard InChI is InChI=1S/C14H19N3OS2/c1-4-13-16-14(20-17-13)19-9-11(15-2)10-7-5-6-8-12(10)18-3/h5-8,11,15H,4,9H2,1-3H3. The van der Waals surface area contributed by atoms with Crippen LogP contribution in [-0.2, 0) is 6.42 Å². The summed E-state index contributed by atoms with van der Waals surface area (Å²) < 4.78 is 10.8. The molecule has 0 aliphatic carbocycles. The van der Waals surface area contributed by atoms with Crippen molar-refractivity contribution < 1.29 is 4.74 Å². The highest BCUT2D eigenvalue weighted by Gasteiger charge is 2.15. The van der Waals surface area contributed by atoms with E-state index in [1.807, 2.05) is 25.2 Å². The summed E-state index contributed by atoms with van der Waals surface area (Å²) >= 11 is 3.20. The van der Waals surface area contributed by atoms with Gasteiger partial charge in [-0.1, -0.05) is 36.9 Å². The summed E-state index contributed by atoms with van der Waals surface area (Å²) in [5, 5.41) is 3.34. The molecule has 108 valence electrons. The van der Waals surface area contributed by atoms with E-state index >= 15 is 0 Å². The van der Waals surface area contributed by atoms with Gasteiger partial charge in [0.25, 0.3) is 0 Å². The van der Waals surface area contributed by atoms with Crippen LogP contribution in [0, 0.1) is 0 Å². The smallest absolute Gasteiger partial charge is 0.170 e. The molecule has 1 heterocycles. The molecule has 0 fully saturated rings. The van der Waals surface area contributed by atoms with Gasteiger partial charge >= 0.3 is 0 Å². The first-order valence-electron chi connectivity index (χ1n) is 6.54. The Morgan fingerprint density at radius 1 is 1.40 bits per heavy atom. The van der Waals surface area contributed by atoms with Crippen molar-refractivity contribution >= 4 is 23.3 Å². The monoisotopic (exact) mass is 309 g/mol. The Bertz CT molecular complexity index is 545. The molecular formula is C14H19N3OS2. The Morgan fingerprint density at radius 2 is 2.20 bits per heavy atom. The van der Waals surface area contributed by atoms with Crippen LogP contribution in [0.4, 0.5) is 0 Å². The predicted octanol–water partition coefficient (Wildman–Crippen LogP) is 3.16. The summed E-state index contributed by atoms with van der Waals surface area (Å²) in [6, 6.07) is 8.33. The lowest BCUT2D eigenvalue weighted by Crippen LogP contribution is -2.19. The zero-order chi connectivity index (χ0) is 14.4.